The van der Waals surface area contributed by atoms with Crippen molar-refractivity contribution >= 4 is 11.6 Å². The number of halogens is 1. The van der Waals surface area contributed by atoms with E-state index in [1.165, 1.54) is 18.4 Å². The van der Waals surface area contributed by atoms with Crippen LogP contribution in [0, 0.1) is 0 Å². The molecule has 1 saturated carbocycles. The van der Waals surface area contributed by atoms with Crippen molar-refractivity contribution in [3.05, 3.63) is 34.9 Å². The van der Waals surface area contributed by atoms with Crippen molar-refractivity contribution in [3.8, 4) is 0 Å². The molecule has 2 rings (SSSR count). The first kappa shape index (κ1) is 13.9. The van der Waals surface area contributed by atoms with Crippen LogP contribution in [0.1, 0.15) is 44.1 Å². The number of aliphatic hydroxyl groups is 1. The minimum absolute atomic E-state index is 0.497. The predicted molar refractivity (Wildman–Crippen MR) is 75.8 cm³/mol. The lowest BCUT2D eigenvalue weighted by molar-refractivity contribution is 0.0250. The van der Waals surface area contributed by atoms with Crippen molar-refractivity contribution in [3.63, 3.8) is 0 Å². The summed E-state index contributed by atoms with van der Waals surface area (Å²) in [5.41, 5.74) is 0.708. The molecule has 2 nitrogen and oxygen atoms in total. The zero-order valence-electron chi connectivity index (χ0n) is 10.8. The van der Waals surface area contributed by atoms with Gasteiger partial charge in [0, 0.05) is 18.1 Å². The third-order valence-corrected chi connectivity index (χ3v) is 3.98. The molecule has 1 aliphatic rings. The van der Waals surface area contributed by atoms with Crippen molar-refractivity contribution in [2.75, 3.05) is 6.54 Å². The van der Waals surface area contributed by atoms with Crippen LogP contribution in [0.2, 0.25) is 5.02 Å². The molecule has 0 aromatic heterocycles. The molecule has 100 valence electrons. The van der Waals surface area contributed by atoms with Gasteiger partial charge in [-0.3, -0.25) is 0 Å². The number of benzene rings is 1. The van der Waals surface area contributed by atoms with Crippen LogP contribution >= 0.6 is 11.6 Å². The van der Waals surface area contributed by atoms with E-state index in [-0.39, 0.29) is 0 Å². The third-order valence-electron chi connectivity index (χ3n) is 3.73. The van der Waals surface area contributed by atoms with Gasteiger partial charge in [0.05, 0.1) is 5.60 Å². The standard InChI is InChI=1S/C15H22ClNO/c16-14-7-5-13(6-8-14)11-17-12-15(18)9-3-1-2-4-10-15/h5-8,17-18H,1-4,9-12H2. The molecule has 0 spiro atoms. The minimum Gasteiger partial charge on any atom is -0.389 e. The lowest BCUT2D eigenvalue weighted by atomic mass is 9.94. The van der Waals surface area contributed by atoms with E-state index in [1.807, 2.05) is 24.3 Å². The summed E-state index contributed by atoms with van der Waals surface area (Å²) in [7, 11) is 0. The van der Waals surface area contributed by atoms with Gasteiger partial charge in [-0.05, 0) is 30.5 Å². The Hall–Kier alpha value is -0.570. The molecule has 18 heavy (non-hydrogen) atoms. The van der Waals surface area contributed by atoms with Crippen LogP contribution < -0.4 is 5.32 Å². The molecule has 0 amide bonds. The van der Waals surface area contributed by atoms with Crippen LogP contribution in [-0.2, 0) is 6.54 Å². The number of hydrogen-bond acceptors (Lipinski definition) is 2. The van der Waals surface area contributed by atoms with E-state index in [0.29, 0.717) is 6.54 Å². The van der Waals surface area contributed by atoms with Crippen LogP contribution in [0.5, 0.6) is 0 Å². The first-order valence-electron chi connectivity index (χ1n) is 6.86. The molecule has 0 saturated heterocycles. The summed E-state index contributed by atoms with van der Waals surface area (Å²) in [6.07, 6.45) is 6.69. The van der Waals surface area contributed by atoms with Crippen LogP contribution in [0.25, 0.3) is 0 Å². The molecule has 1 fully saturated rings. The van der Waals surface area contributed by atoms with Gasteiger partial charge in [0.1, 0.15) is 0 Å². The number of rotatable bonds is 4. The van der Waals surface area contributed by atoms with Crippen molar-refractivity contribution < 1.29 is 5.11 Å². The van der Waals surface area contributed by atoms with E-state index in [1.54, 1.807) is 0 Å². The molecular formula is C15H22ClNO. The molecule has 0 aliphatic heterocycles. The molecule has 2 N–H and O–H groups in total. The number of hydrogen-bond donors (Lipinski definition) is 2. The van der Waals surface area contributed by atoms with Gasteiger partial charge >= 0.3 is 0 Å². The molecule has 0 heterocycles. The highest BCUT2D eigenvalue weighted by Gasteiger charge is 2.27. The summed E-state index contributed by atoms with van der Waals surface area (Å²) >= 11 is 5.85. The Morgan fingerprint density at radius 1 is 1.06 bits per heavy atom. The van der Waals surface area contributed by atoms with E-state index in [0.717, 1.165) is 37.3 Å². The van der Waals surface area contributed by atoms with E-state index in [4.69, 9.17) is 11.6 Å². The summed E-state index contributed by atoms with van der Waals surface area (Å²) in [5, 5.41) is 14.6. The molecule has 0 unspecified atom stereocenters. The maximum atomic E-state index is 10.5. The van der Waals surface area contributed by atoms with E-state index in [2.05, 4.69) is 5.32 Å². The normalized spacial score (nSPS) is 19.4. The van der Waals surface area contributed by atoms with Gasteiger partial charge in [-0.15, -0.1) is 0 Å². The molecule has 0 radical (unpaired) electrons. The van der Waals surface area contributed by atoms with E-state index < -0.39 is 5.60 Å². The van der Waals surface area contributed by atoms with Crippen molar-refractivity contribution in [1.29, 1.82) is 0 Å². The van der Waals surface area contributed by atoms with Gasteiger partial charge in [-0.2, -0.15) is 0 Å². The van der Waals surface area contributed by atoms with Crippen LogP contribution in [-0.4, -0.2) is 17.3 Å². The maximum absolute atomic E-state index is 10.5. The van der Waals surface area contributed by atoms with Crippen molar-refractivity contribution in [1.82, 2.24) is 5.32 Å². The Kier molecular flexibility index (Phi) is 5.04. The Bertz CT molecular complexity index is 355. The lowest BCUT2D eigenvalue weighted by Gasteiger charge is -2.27. The second kappa shape index (κ2) is 6.55. The lowest BCUT2D eigenvalue weighted by Crippen LogP contribution is -2.39. The van der Waals surface area contributed by atoms with Gasteiger partial charge in [-0.1, -0.05) is 49.4 Å². The summed E-state index contributed by atoms with van der Waals surface area (Å²) < 4.78 is 0. The smallest absolute Gasteiger partial charge is 0.0771 e. The summed E-state index contributed by atoms with van der Waals surface area (Å²) in [6, 6.07) is 7.84. The summed E-state index contributed by atoms with van der Waals surface area (Å²) in [4.78, 5) is 0. The van der Waals surface area contributed by atoms with Gasteiger partial charge in [0.15, 0.2) is 0 Å². The minimum atomic E-state index is -0.497. The molecule has 1 aliphatic carbocycles. The van der Waals surface area contributed by atoms with Crippen molar-refractivity contribution in [2.24, 2.45) is 0 Å². The van der Waals surface area contributed by atoms with Gasteiger partial charge in [0.25, 0.3) is 0 Å². The van der Waals surface area contributed by atoms with E-state index in [9.17, 15) is 5.11 Å². The SMILES string of the molecule is OC1(CNCc2ccc(Cl)cc2)CCCCCC1. The van der Waals surface area contributed by atoms with Crippen molar-refractivity contribution in [2.45, 2.75) is 50.7 Å². The van der Waals surface area contributed by atoms with Crippen LogP contribution in [0.15, 0.2) is 24.3 Å². The zero-order chi connectivity index (χ0) is 12.8. The molecule has 1 aromatic carbocycles. The Morgan fingerprint density at radius 2 is 1.67 bits per heavy atom. The highest BCUT2D eigenvalue weighted by molar-refractivity contribution is 6.30. The first-order valence-corrected chi connectivity index (χ1v) is 7.23. The van der Waals surface area contributed by atoms with E-state index >= 15 is 0 Å². The quantitative estimate of drug-likeness (QED) is 0.819. The maximum Gasteiger partial charge on any atom is 0.0771 e. The number of nitrogens with one attached hydrogen (secondary N) is 1. The average Bonchev–Trinajstić information content (AvgIpc) is 2.57. The van der Waals surface area contributed by atoms with Gasteiger partial charge in [-0.25, -0.2) is 0 Å². The molecule has 0 atom stereocenters. The average molecular weight is 268 g/mol. The van der Waals surface area contributed by atoms with Gasteiger partial charge < -0.3 is 10.4 Å². The Morgan fingerprint density at radius 3 is 2.28 bits per heavy atom. The molecule has 3 heteroatoms. The fourth-order valence-corrected chi connectivity index (χ4v) is 2.73. The molecule has 1 aromatic rings. The van der Waals surface area contributed by atoms with Gasteiger partial charge in [0.2, 0.25) is 0 Å². The third kappa shape index (κ3) is 4.27. The second-order valence-electron chi connectivity index (χ2n) is 5.37. The topological polar surface area (TPSA) is 32.3 Å². The fourth-order valence-electron chi connectivity index (χ4n) is 2.61. The monoisotopic (exact) mass is 267 g/mol. The molecule has 0 bridgehead atoms. The Labute approximate surface area is 114 Å². The van der Waals surface area contributed by atoms with Crippen LogP contribution in [0.3, 0.4) is 0 Å². The van der Waals surface area contributed by atoms with Crippen LogP contribution in [0.4, 0.5) is 0 Å². The summed E-state index contributed by atoms with van der Waals surface area (Å²) in [6.45, 7) is 1.48. The fraction of sp³-hybridized carbons (Fsp3) is 0.600. The first-order chi connectivity index (χ1) is 8.68. The molecular weight excluding hydrogens is 246 g/mol. The second-order valence-corrected chi connectivity index (χ2v) is 5.81. The highest BCUT2D eigenvalue weighted by atomic mass is 35.5. The largest absolute Gasteiger partial charge is 0.389 e. The Balaban J connectivity index is 1.78. The summed E-state index contributed by atoms with van der Waals surface area (Å²) in [5.74, 6) is 0. The highest BCUT2D eigenvalue weighted by Crippen LogP contribution is 2.26. The zero-order valence-corrected chi connectivity index (χ0v) is 11.5. The predicted octanol–water partition coefficient (Wildman–Crippen LogP) is 3.51.